The lowest BCUT2D eigenvalue weighted by Crippen LogP contribution is -2.34. The molecule has 1 heterocycles. The molecule has 1 unspecified atom stereocenters. The third-order valence-corrected chi connectivity index (χ3v) is 2.68. The zero-order chi connectivity index (χ0) is 10.6. The average molecular weight is 232 g/mol. The van der Waals surface area contributed by atoms with Gasteiger partial charge < -0.3 is 0 Å². The molecule has 14 heavy (non-hydrogen) atoms. The Morgan fingerprint density at radius 3 is 2.71 bits per heavy atom. The molecule has 1 rings (SSSR count). The van der Waals surface area contributed by atoms with Gasteiger partial charge >= 0.3 is 6.36 Å². The summed E-state index contributed by atoms with van der Waals surface area (Å²) in [5.41, 5.74) is 0. The Hall–Kier alpha value is 0. The van der Waals surface area contributed by atoms with Crippen LogP contribution in [-0.2, 0) is 4.74 Å². The van der Waals surface area contributed by atoms with Crippen LogP contribution in [0.5, 0.6) is 0 Å². The summed E-state index contributed by atoms with van der Waals surface area (Å²) in [5, 5.41) is 0. The van der Waals surface area contributed by atoms with Crippen molar-refractivity contribution in [2.24, 2.45) is 0 Å². The van der Waals surface area contributed by atoms with Gasteiger partial charge in [0, 0.05) is 18.5 Å². The Balaban J connectivity index is 2.18. The van der Waals surface area contributed by atoms with Crippen molar-refractivity contribution in [1.82, 2.24) is 4.90 Å². The fourth-order valence-electron chi connectivity index (χ4n) is 1.64. The van der Waals surface area contributed by atoms with E-state index < -0.39 is 6.36 Å². The van der Waals surface area contributed by atoms with E-state index in [2.05, 4.69) is 4.74 Å². The van der Waals surface area contributed by atoms with Gasteiger partial charge in [-0.05, 0) is 19.4 Å². The fraction of sp³-hybridized carbons (Fsp3) is 1.00. The Morgan fingerprint density at radius 2 is 2.14 bits per heavy atom. The largest absolute Gasteiger partial charge is 0.522 e. The van der Waals surface area contributed by atoms with E-state index in [1.54, 1.807) is 0 Å². The molecule has 2 nitrogen and oxygen atoms in total. The van der Waals surface area contributed by atoms with E-state index in [0.29, 0.717) is 12.4 Å². The molecule has 0 amide bonds. The van der Waals surface area contributed by atoms with Crippen LogP contribution in [0.2, 0.25) is 0 Å². The van der Waals surface area contributed by atoms with Crippen LogP contribution < -0.4 is 0 Å². The number of nitrogens with zero attached hydrogens (tertiary/aromatic N) is 1. The van der Waals surface area contributed by atoms with Crippen LogP contribution in [0.3, 0.4) is 0 Å². The minimum absolute atomic E-state index is 0.216. The summed E-state index contributed by atoms with van der Waals surface area (Å²) in [6.07, 6.45) is -2.55. The predicted molar refractivity (Wildman–Crippen MR) is 47.3 cm³/mol. The van der Waals surface area contributed by atoms with Gasteiger partial charge in [0.1, 0.15) is 0 Å². The number of rotatable bonds is 4. The lowest BCUT2D eigenvalue weighted by Gasteiger charge is -2.22. The zero-order valence-corrected chi connectivity index (χ0v) is 8.44. The zero-order valence-electron chi connectivity index (χ0n) is 7.69. The summed E-state index contributed by atoms with van der Waals surface area (Å²) >= 11 is 5.67. The standard InChI is InChI=1S/C8H13ClF3NO/c9-6-7-2-1-3-13(7)4-5-14-8(10,11)12/h7H,1-6H2. The molecule has 0 spiro atoms. The highest BCUT2D eigenvalue weighted by molar-refractivity contribution is 6.18. The number of ether oxygens (including phenoxy) is 1. The smallest absolute Gasteiger partial charge is 0.297 e. The number of alkyl halides is 4. The first-order valence-corrected chi connectivity index (χ1v) is 5.07. The molecule has 1 saturated heterocycles. The third-order valence-electron chi connectivity index (χ3n) is 2.32. The first kappa shape index (κ1) is 12.1. The molecule has 6 heteroatoms. The van der Waals surface area contributed by atoms with E-state index in [0.717, 1.165) is 19.4 Å². The van der Waals surface area contributed by atoms with E-state index in [4.69, 9.17) is 11.6 Å². The molecule has 0 radical (unpaired) electrons. The normalized spacial score (nSPS) is 24.4. The number of halogens is 4. The Labute approximate surface area is 86.0 Å². The lowest BCUT2D eigenvalue weighted by molar-refractivity contribution is -0.325. The van der Waals surface area contributed by atoms with Crippen LogP contribution in [0.4, 0.5) is 13.2 Å². The summed E-state index contributed by atoms with van der Waals surface area (Å²) in [5.74, 6) is 0.478. The van der Waals surface area contributed by atoms with Crippen LogP contribution in [0.1, 0.15) is 12.8 Å². The van der Waals surface area contributed by atoms with E-state index >= 15 is 0 Å². The Bertz CT molecular complexity index is 176. The monoisotopic (exact) mass is 231 g/mol. The minimum atomic E-state index is -4.52. The fourth-order valence-corrected chi connectivity index (χ4v) is 1.99. The number of hydrogen-bond acceptors (Lipinski definition) is 2. The molecule has 0 aromatic rings. The molecule has 1 atom stereocenters. The van der Waals surface area contributed by atoms with Crippen molar-refractivity contribution in [3.63, 3.8) is 0 Å². The second-order valence-corrected chi connectivity index (χ2v) is 3.59. The Morgan fingerprint density at radius 1 is 1.43 bits per heavy atom. The minimum Gasteiger partial charge on any atom is -0.297 e. The second kappa shape index (κ2) is 5.19. The van der Waals surface area contributed by atoms with Crippen molar-refractivity contribution in [3.8, 4) is 0 Å². The highest BCUT2D eigenvalue weighted by Gasteiger charge is 2.30. The van der Waals surface area contributed by atoms with Gasteiger partial charge in [0.25, 0.3) is 0 Å². The average Bonchev–Trinajstić information content (AvgIpc) is 2.49. The maximum atomic E-state index is 11.6. The molecular formula is C8H13ClF3NO. The van der Waals surface area contributed by atoms with Gasteiger partial charge in [0.05, 0.1) is 6.61 Å². The molecular weight excluding hydrogens is 219 g/mol. The number of likely N-dealkylation sites (tertiary alicyclic amines) is 1. The molecule has 0 aromatic heterocycles. The molecule has 1 aliphatic heterocycles. The number of hydrogen-bond donors (Lipinski definition) is 0. The van der Waals surface area contributed by atoms with Gasteiger partial charge in [0.15, 0.2) is 0 Å². The summed E-state index contributed by atoms with van der Waals surface area (Å²) in [6, 6.07) is 0.216. The van der Waals surface area contributed by atoms with Gasteiger partial charge in [-0.15, -0.1) is 24.8 Å². The first-order valence-electron chi connectivity index (χ1n) is 4.53. The van der Waals surface area contributed by atoms with E-state index in [1.807, 2.05) is 4.90 Å². The van der Waals surface area contributed by atoms with Crippen LogP contribution >= 0.6 is 11.6 Å². The topological polar surface area (TPSA) is 12.5 Å². The van der Waals surface area contributed by atoms with Crippen molar-refractivity contribution in [2.75, 3.05) is 25.6 Å². The third kappa shape index (κ3) is 4.02. The Kier molecular flexibility index (Phi) is 4.47. The highest BCUT2D eigenvalue weighted by atomic mass is 35.5. The summed E-state index contributed by atoms with van der Waals surface area (Å²) < 4.78 is 38.6. The lowest BCUT2D eigenvalue weighted by atomic mass is 10.2. The van der Waals surface area contributed by atoms with Crippen molar-refractivity contribution >= 4 is 11.6 Å². The van der Waals surface area contributed by atoms with Crippen molar-refractivity contribution < 1.29 is 17.9 Å². The van der Waals surface area contributed by atoms with Crippen LogP contribution in [0.15, 0.2) is 0 Å². The van der Waals surface area contributed by atoms with Gasteiger partial charge in [-0.2, -0.15) is 0 Å². The highest BCUT2D eigenvalue weighted by Crippen LogP contribution is 2.19. The quantitative estimate of drug-likeness (QED) is 0.688. The van der Waals surface area contributed by atoms with E-state index in [1.165, 1.54) is 0 Å². The van der Waals surface area contributed by atoms with Crippen LogP contribution in [-0.4, -0.2) is 42.9 Å². The maximum absolute atomic E-state index is 11.6. The SMILES string of the molecule is FC(F)(F)OCCN1CCCC1CCl. The predicted octanol–water partition coefficient (Wildman–Crippen LogP) is 2.23. The van der Waals surface area contributed by atoms with E-state index in [-0.39, 0.29) is 12.6 Å². The molecule has 0 aliphatic carbocycles. The van der Waals surface area contributed by atoms with Crippen molar-refractivity contribution in [3.05, 3.63) is 0 Å². The molecule has 1 aliphatic rings. The molecule has 1 fully saturated rings. The van der Waals surface area contributed by atoms with Gasteiger partial charge in [-0.25, -0.2) is 0 Å². The molecule has 84 valence electrons. The summed E-state index contributed by atoms with van der Waals surface area (Å²) in [6.45, 7) is 0.812. The van der Waals surface area contributed by atoms with Gasteiger partial charge in [-0.3, -0.25) is 9.64 Å². The molecule has 0 aromatic carbocycles. The van der Waals surface area contributed by atoms with Gasteiger partial charge in [0.2, 0.25) is 0 Å². The van der Waals surface area contributed by atoms with Crippen LogP contribution in [0, 0.1) is 0 Å². The molecule has 0 N–H and O–H groups in total. The first-order chi connectivity index (χ1) is 6.53. The van der Waals surface area contributed by atoms with Crippen molar-refractivity contribution in [1.29, 1.82) is 0 Å². The van der Waals surface area contributed by atoms with Gasteiger partial charge in [-0.1, -0.05) is 0 Å². The second-order valence-electron chi connectivity index (χ2n) is 3.28. The summed E-state index contributed by atoms with van der Waals surface area (Å²) in [7, 11) is 0. The maximum Gasteiger partial charge on any atom is 0.522 e. The molecule has 0 bridgehead atoms. The summed E-state index contributed by atoms with van der Waals surface area (Å²) in [4.78, 5) is 1.94. The van der Waals surface area contributed by atoms with Crippen molar-refractivity contribution in [2.45, 2.75) is 25.2 Å². The molecule has 0 saturated carbocycles. The van der Waals surface area contributed by atoms with E-state index in [9.17, 15) is 13.2 Å². The van der Waals surface area contributed by atoms with Crippen LogP contribution in [0.25, 0.3) is 0 Å².